The number of nitrogens with zero attached hydrogens (tertiary/aromatic N) is 2. The summed E-state index contributed by atoms with van der Waals surface area (Å²) < 4.78 is 16.0. The van der Waals surface area contributed by atoms with Gasteiger partial charge in [0.15, 0.2) is 0 Å². The molecular formula is C22H21FN4. The van der Waals surface area contributed by atoms with E-state index in [0.29, 0.717) is 5.70 Å². The van der Waals surface area contributed by atoms with Crippen LogP contribution in [0.15, 0.2) is 72.9 Å². The van der Waals surface area contributed by atoms with Crippen LogP contribution in [0.2, 0.25) is 0 Å². The van der Waals surface area contributed by atoms with Gasteiger partial charge in [0.25, 0.3) is 0 Å². The van der Waals surface area contributed by atoms with Crippen LogP contribution in [0.4, 0.5) is 10.1 Å². The van der Waals surface area contributed by atoms with Gasteiger partial charge in [0.2, 0.25) is 0 Å². The summed E-state index contributed by atoms with van der Waals surface area (Å²) in [6.45, 7) is 2.88. The highest BCUT2D eigenvalue weighted by Gasteiger charge is 2.15. The summed E-state index contributed by atoms with van der Waals surface area (Å²) in [4.78, 5) is 0. The van der Waals surface area contributed by atoms with Crippen LogP contribution in [0.3, 0.4) is 0 Å². The number of rotatable bonds is 4. The van der Waals surface area contributed by atoms with E-state index in [1.54, 1.807) is 11.1 Å². The number of fused-ring (bicyclic) bond motifs is 3. The molecule has 4 nitrogen and oxygen atoms in total. The maximum Gasteiger partial charge on any atom is 0.123 e. The Kier molecular flexibility index (Phi) is 4.30. The zero-order chi connectivity index (χ0) is 19.0. The summed E-state index contributed by atoms with van der Waals surface area (Å²) in [5.41, 5.74) is 10.3. The normalized spacial score (nSPS) is 12.0. The third-order valence-corrected chi connectivity index (χ3v) is 4.89. The quantitative estimate of drug-likeness (QED) is 0.413. The van der Waals surface area contributed by atoms with Crippen molar-refractivity contribution in [2.75, 3.05) is 5.01 Å². The van der Waals surface area contributed by atoms with Crippen LogP contribution in [0.25, 0.3) is 27.5 Å². The number of aromatic nitrogens is 1. The number of anilines is 1. The molecule has 0 radical (unpaired) electrons. The molecule has 0 unspecified atom stereocenters. The Bertz CT molecular complexity index is 1150. The van der Waals surface area contributed by atoms with Gasteiger partial charge < -0.3 is 10.3 Å². The van der Waals surface area contributed by atoms with Gasteiger partial charge in [-0.3, -0.25) is 5.01 Å². The summed E-state index contributed by atoms with van der Waals surface area (Å²) in [6, 6.07) is 20.6. The van der Waals surface area contributed by atoms with Crippen molar-refractivity contribution in [3.05, 3.63) is 84.3 Å². The molecule has 0 saturated carbocycles. The summed E-state index contributed by atoms with van der Waals surface area (Å²) in [7, 11) is 0. The maximum atomic E-state index is 13.9. The monoisotopic (exact) mass is 360 g/mol. The van der Waals surface area contributed by atoms with Crippen molar-refractivity contribution in [1.29, 1.82) is 0 Å². The van der Waals surface area contributed by atoms with E-state index in [2.05, 4.69) is 11.5 Å². The second-order valence-electron chi connectivity index (χ2n) is 6.40. The molecule has 27 heavy (non-hydrogen) atoms. The predicted molar refractivity (Wildman–Crippen MR) is 110 cm³/mol. The molecule has 4 rings (SSSR count). The van der Waals surface area contributed by atoms with Crippen molar-refractivity contribution in [3.8, 4) is 0 Å². The number of nitrogens with two attached hydrogens (primary N) is 2. The number of hydrazine groups is 1. The Labute approximate surface area is 157 Å². The summed E-state index contributed by atoms with van der Waals surface area (Å²) in [5, 5.41) is 3.40. The molecule has 0 aliphatic heterocycles. The van der Waals surface area contributed by atoms with E-state index in [1.807, 2.05) is 54.6 Å². The highest BCUT2D eigenvalue weighted by molar-refractivity contribution is 6.09. The van der Waals surface area contributed by atoms with Gasteiger partial charge >= 0.3 is 0 Å². The lowest BCUT2D eigenvalue weighted by molar-refractivity contribution is 0.629. The average molecular weight is 360 g/mol. The van der Waals surface area contributed by atoms with Gasteiger partial charge in [-0.1, -0.05) is 30.3 Å². The Morgan fingerprint density at radius 1 is 1.00 bits per heavy atom. The zero-order valence-corrected chi connectivity index (χ0v) is 15.1. The smallest absolute Gasteiger partial charge is 0.123 e. The third-order valence-electron chi connectivity index (χ3n) is 4.89. The molecule has 1 aromatic heterocycles. The Morgan fingerprint density at radius 3 is 2.33 bits per heavy atom. The summed E-state index contributed by atoms with van der Waals surface area (Å²) >= 11 is 0. The van der Waals surface area contributed by atoms with Crippen LogP contribution in [0.1, 0.15) is 12.5 Å². The average Bonchev–Trinajstić information content (AvgIpc) is 3.01. The van der Waals surface area contributed by atoms with Crippen LogP contribution in [-0.2, 0) is 6.54 Å². The molecule has 1 heterocycles. The van der Waals surface area contributed by atoms with Crippen molar-refractivity contribution in [1.82, 2.24) is 4.57 Å². The largest absolute Gasteiger partial charge is 0.403 e. The number of halogens is 1. The first-order chi connectivity index (χ1) is 13.1. The van der Waals surface area contributed by atoms with E-state index >= 15 is 0 Å². The van der Waals surface area contributed by atoms with Crippen molar-refractivity contribution >= 4 is 33.2 Å². The number of hydrogen-bond donors (Lipinski definition) is 2. The minimum atomic E-state index is -0.250. The molecule has 4 N–H and O–H groups in total. The molecular weight excluding hydrogens is 339 g/mol. The van der Waals surface area contributed by atoms with E-state index in [9.17, 15) is 4.39 Å². The van der Waals surface area contributed by atoms with E-state index in [4.69, 9.17) is 11.6 Å². The van der Waals surface area contributed by atoms with Crippen LogP contribution in [0.5, 0.6) is 0 Å². The number of hydrogen-bond acceptors (Lipinski definition) is 3. The van der Waals surface area contributed by atoms with Crippen LogP contribution < -0.4 is 16.6 Å². The molecule has 0 amide bonds. The molecule has 0 aliphatic rings. The van der Waals surface area contributed by atoms with Crippen LogP contribution in [-0.4, -0.2) is 4.57 Å². The second-order valence-corrected chi connectivity index (χ2v) is 6.40. The van der Waals surface area contributed by atoms with Gasteiger partial charge in [-0.2, -0.15) is 0 Å². The van der Waals surface area contributed by atoms with Gasteiger partial charge in [-0.05, 0) is 43.3 Å². The third kappa shape index (κ3) is 2.82. The molecule has 0 saturated heterocycles. The molecule has 0 aliphatic carbocycles. The van der Waals surface area contributed by atoms with E-state index in [0.717, 1.165) is 39.6 Å². The highest BCUT2D eigenvalue weighted by Crippen LogP contribution is 2.33. The molecule has 3 aromatic carbocycles. The fraction of sp³-hybridized carbons (Fsp3) is 0.0909. The van der Waals surface area contributed by atoms with Crippen molar-refractivity contribution < 1.29 is 4.39 Å². The lowest BCUT2D eigenvalue weighted by atomic mass is 10.1. The van der Waals surface area contributed by atoms with Gasteiger partial charge in [0, 0.05) is 40.1 Å². The minimum Gasteiger partial charge on any atom is -0.403 e. The SMILES string of the molecule is CCn1c2ccc(F)cc2c2cc(N(N)/C(=C\N)c3ccccc3)ccc21. The number of aryl methyl sites for hydroxylation is 1. The van der Waals surface area contributed by atoms with E-state index in [-0.39, 0.29) is 5.82 Å². The molecule has 0 spiro atoms. The standard InChI is InChI=1S/C22H21FN4/c1-2-26-20-10-8-16(23)12-18(20)19-13-17(9-11-21(19)26)27(25)22(14-24)15-6-4-3-5-7-15/h3-14H,2,24-25H2,1H3/b22-14-. The minimum absolute atomic E-state index is 0.250. The summed E-state index contributed by atoms with van der Waals surface area (Å²) in [5.74, 6) is 6.14. The second kappa shape index (κ2) is 6.78. The summed E-state index contributed by atoms with van der Waals surface area (Å²) in [6.07, 6.45) is 1.49. The Balaban J connectivity index is 1.88. The Hall–Kier alpha value is -3.31. The topological polar surface area (TPSA) is 60.2 Å². The molecule has 0 bridgehead atoms. The molecule has 5 heteroatoms. The molecule has 4 aromatic rings. The fourth-order valence-electron chi connectivity index (χ4n) is 3.62. The first kappa shape index (κ1) is 17.1. The van der Waals surface area contributed by atoms with Gasteiger partial charge in [-0.25, -0.2) is 10.2 Å². The first-order valence-electron chi connectivity index (χ1n) is 8.87. The molecule has 0 atom stereocenters. The lowest BCUT2D eigenvalue weighted by Crippen LogP contribution is -2.29. The van der Waals surface area contributed by atoms with Crippen LogP contribution >= 0.6 is 0 Å². The predicted octanol–water partition coefficient (Wildman–Crippen LogP) is 4.59. The Morgan fingerprint density at radius 2 is 1.67 bits per heavy atom. The first-order valence-corrected chi connectivity index (χ1v) is 8.87. The molecule has 0 fully saturated rings. The van der Waals surface area contributed by atoms with Crippen LogP contribution in [0, 0.1) is 5.82 Å². The van der Waals surface area contributed by atoms with E-state index in [1.165, 1.54) is 12.3 Å². The fourth-order valence-corrected chi connectivity index (χ4v) is 3.62. The number of benzene rings is 3. The van der Waals surface area contributed by atoms with Gasteiger partial charge in [-0.15, -0.1) is 0 Å². The molecule has 136 valence electrons. The van der Waals surface area contributed by atoms with Crippen molar-refractivity contribution in [2.45, 2.75) is 13.5 Å². The zero-order valence-electron chi connectivity index (χ0n) is 15.1. The van der Waals surface area contributed by atoms with Crippen molar-refractivity contribution in [2.24, 2.45) is 11.6 Å². The van der Waals surface area contributed by atoms with Gasteiger partial charge in [0.05, 0.1) is 11.4 Å². The maximum absolute atomic E-state index is 13.9. The van der Waals surface area contributed by atoms with Crippen molar-refractivity contribution in [3.63, 3.8) is 0 Å². The lowest BCUT2D eigenvalue weighted by Gasteiger charge is -2.22. The van der Waals surface area contributed by atoms with E-state index < -0.39 is 0 Å². The van der Waals surface area contributed by atoms with Gasteiger partial charge in [0.1, 0.15) is 5.82 Å². The highest BCUT2D eigenvalue weighted by atomic mass is 19.1.